The van der Waals surface area contributed by atoms with Gasteiger partial charge >= 0.3 is 5.97 Å². The van der Waals surface area contributed by atoms with Crippen molar-refractivity contribution in [3.63, 3.8) is 0 Å². The summed E-state index contributed by atoms with van der Waals surface area (Å²) in [6.45, 7) is 0. The fourth-order valence-corrected chi connectivity index (χ4v) is 1.49. The summed E-state index contributed by atoms with van der Waals surface area (Å²) in [5.74, 6) is -1.61. The number of H-pyrrole nitrogens is 1. The third kappa shape index (κ3) is 1.96. The van der Waals surface area contributed by atoms with Crippen molar-refractivity contribution in [2.24, 2.45) is 0 Å². The summed E-state index contributed by atoms with van der Waals surface area (Å²) in [4.78, 5) is 17.2. The summed E-state index contributed by atoms with van der Waals surface area (Å²) in [6.07, 6.45) is 1.25. The number of ether oxygens (including phenoxy) is 1. The van der Waals surface area contributed by atoms with E-state index in [4.69, 9.17) is 9.84 Å². The molecule has 17 heavy (non-hydrogen) atoms. The van der Waals surface area contributed by atoms with E-state index in [1.165, 1.54) is 25.6 Å². The van der Waals surface area contributed by atoms with Crippen molar-refractivity contribution in [3.05, 3.63) is 36.0 Å². The van der Waals surface area contributed by atoms with E-state index in [-0.39, 0.29) is 17.1 Å². The zero-order valence-corrected chi connectivity index (χ0v) is 8.90. The summed E-state index contributed by atoms with van der Waals surface area (Å²) >= 11 is 0. The lowest BCUT2D eigenvalue weighted by atomic mass is 10.1. The number of imidazole rings is 1. The van der Waals surface area contributed by atoms with E-state index in [1.54, 1.807) is 6.07 Å². The van der Waals surface area contributed by atoms with E-state index in [1.807, 2.05) is 0 Å². The van der Waals surface area contributed by atoms with Gasteiger partial charge in [-0.3, -0.25) is 0 Å². The maximum atomic E-state index is 13.5. The van der Waals surface area contributed by atoms with Crippen LogP contribution in [0.3, 0.4) is 0 Å². The first-order valence-electron chi connectivity index (χ1n) is 4.74. The minimum atomic E-state index is -1.14. The molecule has 2 N–H and O–H groups in total. The van der Waals surface area contributed by atoms with Crippen LogP contribution in [0.5, 0.6) is 5.75 Å². The molecule has 0 saturated heterocycles. The number of methoxy groups -OCH3 is 1. The summed E-state index contributed by atoms with van der Waals surface area (Å²) in [5.41, 5.74) is 0.496. The number of carbonyl (C=O) groups is 1. The molecule has 0 aliphatic rings. The summed E-state index contributed by atoms with van der Waals surface area (Å²) in [6, 6.07) is 4.15. The highest BCUT2D eigenvalue weighted by Gasteiger charge is 2.15. The quantitative estimate of drug-likeness (QED) is 0.853. The lowest BCUT2D eigenvalue weighted by Crippen LogP contribution is -1.99. The normalized spacial score (nSPS) is 10.2. The van der Waals surface area contributed by atoms with Crippen LogP contribution in [0.4, 0.5) is 4.39 Å². The predicted molar refractivity (Wildman–Crippen MR) is 57.5 cm³/mol. The van der Waals surface area contributed by atoms with E-state index >= 15 is 0 Å². The average Bonchev–Trinajstić information content (AvgIpc) is 2.77. The van der Waals surface area contributed by atoms with Crippen LogP contribution < -0.4 is 4.74 Å². The smallest absolute Gasteiger partial charge is 0.354 e. The second-order valence-electron chi connectivity index (χ2n) is 3.28. The van der Waals surface area contributed by atoms with Crippen LogP contribution in [-0.2, 0) is 0 Å². The molecule has 2 rings (SSSR count). The second kappa shape index (κ2) is 4.25. The van der Waals surface area contributed by atoms with Gasteiger partial charge in [-0.1, -0.05) is 0 Å². The van der Waals surface area contributed by atoms with E-state index in [9.17, 15) is 9.18 Å². The number of aromatic amines is 1. The maximum absolute atomic E-state index is 13.5. The molecule has 2 aromatic rings. The van der Waals surface area contributed by atoms with Gasteiger partial charge in [0.25, 0.3) is 0 Å². The third-order valence-electron chi connectivity index (χ3n) is 2.28. The van der Waals surface area contributed by atoms with Crippen LogP contribution in [0, 0.1) is 5.82 Å². The largest absolute Gasteiger partial charge is 0.494 e. The number of rotatable bonds is 3. The zero-order valence-electron chi connectivity index (χ0n) is 8.90. The Morgan fingerprint density at radius 2 is 2.29 bits per heavy atom. The average molecular weight is 236 g/mol. The Morgan fingerprint density at radius 3 is 2.88 bits per heavy atom. The van der Waals surface area contributed by atoms with Gasteiger partial charge in [-0.05, 0) is 18.2 Å². The SMILES string of the molecule is COc1ccc(-c2nc[nH]c2C(=O)O)cc1F. The first-order valence-corrected chi connectivity index (χ1v) is 4.74. The Balaban J connectivity index is 2.50. The molecule has 0 fully saturated rings. The Morgan fingerprint density at radius 1 is 1.53 bits per heavy atom. The molecule has 0 saturated carbocycles. The topological polar surface area (TPSA) is 75.2 Å². The highest BCUT2D eigenvalue weighted by Crippen LogP contribution is 2.25. The standard InChI is InChI=1S/C11H9FN2O3/c1-17-8-3-2-6(4-7(8)12)9-10(11(15)16)14-5-13-9/h2-5H,1H3,(H,13,14)(H,15,16). The molecule has 0 aliphatic heterocycles. The van der Waals surface area contributed by atoms with Crippen molar-refractivity contribution >= 4 is 5.97 Å². The van der Waals surface area contributed by atoms with Gasteiger partial charge in [0.2, 0.25) is 0 Å². The molecule has 0 unspecified atom stereocenters. The molecule has 6 heteroatoms. The summed E-state index contributed by atoms with van der Waals surface area (Å²) < 4.78 is 18.2. The van der Waals surface area contributed by atoms with E-state index in [0.717, 1.165) is 0 Å². The molecule has 0 amide bonds. The van der Waals surface area contributed by atoms with Gasteiger partial charge in [-0.25, -0.2) is 14.2 Å². The first-order chi connectivity index (χ1) is 8.13. The van der Waals surface area contributed by atoms with Crippen LogP contribution >= 0.6 is 0 Å². The molecule has 0 spiro atoms. The first kappa shape index (κ1) is 11.1. The number of nitrogens with one attached hydrogen (secondary N) is 1. The minimum Gasteiger partial charge on any atom is -0.494 e. The van der Waals surface area contributed by atoms with Crippen LogP contribution in [0.25, 0.3) is 11.3 Å². The third-order valence-corrected chi connectivity index (χ3v) is 2.28. The van der Waals surface area contributed by atoms with Crippen molar-refractivity contribution in [2.75, 3.05) is 7.11 Å². The Labute approximate surface area is 95.9 Å². The number of aromatic nitrogens is 2. The molecular formula is C11H9FN2O3. The minimum absolute atomic E-state index is 0.0745. The van der Waals surface area contributed by atoms with Gasteiger partial charge in [-0.2, -0.15) is 0 Å². The molecular weight excluding hydrogens is 227 g/mol. The van der Waals surface area contributed by atoms with Crippen LogP contribution in [-0.4, -0.2) is 28.2 Å². The molecule has 1 aromatic carbocycles. The number of carboxylic acids is 1. The molecule has 0 bridgehead atoms. The van der Waals surface area contributed by atoms with Gasteiger partial charge in [-0.15, -0.1) is 0 Å². The number of aromatic carboxylic acids is 1. The number of benzene rings is 1. The molecule has 88 valence electrons. The highest BCUT2D eigenvalue weighted by atomic mass is 19.1. The van der Waals surface area contributed by atoms with Crippen molar-refractivity contribution in [2.45, 2.75) is 0 Å². The zero-order chi connectivity index (χ0) is 12.4. The fraction of sp³-hybridized carbons (Fsp3) is 0.0909. The van der Waals surface area contributed by atoms with Crippen LogP contribution in [0.1, 0.15) is 10.5 Å². The molecule has 0 radical (unpaired) electrons. The van der Waals surface area contributed by atoms with Gasteiger partial charge in [0.05, 0.1) is 13.4 Å². The Kier molecular flexibility index (Phi) is 2.78. The molecule has 1 heterocycles. The van der Waals surface area contributed by atoms with Gasteiger partial charge in [0.15, 0.2) is 17.3 Å². The van der Waals surface area contributed by atoms with Gasteiger partial charge in [0, 0.05) is 5.56 Å². The summed E-state index contributed by atoms with van der Waals surface area (Å²) in [7, 11) is 1.36. The van der Waals surface area contributed by atoms with Gasteiger partial charge < -0.3 is 14.8 Å². The van der Waals surface area contributed by atoms with Gasteiger partial charge in [0.1, 0.15) is 5.69 Å². The molecule has 5 nitrogen and oxygen atoms in total. The van der Waals surface area contributed by atoms with Crippen molar-refractivity contribution < 1.29 is 19.0 Å². The fourth-order valence-electron chi connectivity index (χ4n) is 1.49. The van der Waals surface area contributed by atoms with E-state index < -0.39 is 11.8 Å². The second-order valence-corrected chi connectivity index (χ2v) is 3.28. The van der Waals surface area contributed by atoms with Crippen molar-refractivity contribution in [1.82, 2.24) is 9.97 Å². The van der Waals surface area contributed by atoms with Crippen LogP contribution in [0.2, 0.25) is 0 Å². The van der Waals surface area contributed by atoms with E-state index in [2.05, 4.69) is 9.97 Å². The van der Waals surface area contributed by atoms with E-state index in [0.29, 0.717) is 5.56 Å². The number of carboxylic acid groups (broad SMARTS) is 1. The lowest BCUT2D eigenvalue weighted by molar-refractivity contribution is 0.0692. The van der Waals surface area contributed by atoms with Crippen molar-refractivity contribution in [3.8, 4) is 17.0 Å². The van der Waals surface area contributed by atoms with Crippen LogP contribution in [0.15, 0.2) is 24.5 Å². The predicted octanol–water partition coefficient (Wildman–Crippen LogP) is 1.92. The number of nitrogens with zero attached hydrogens (tertiary/aromatic N) is 1. The highest BCUT2D eigenvalue weighted by molar-refractivity contribution is 5.92. The molecule has 1 aromatic heterocycles. The molecule has 0 atom stereocenters. The molecule has 0 aliphatic carbocycles. The number of halogens is 1. The summed E-state index contributed by atoms with van der Waals surface area (Å²) in [5, 5.41) is 8.90. The number of hydrogen-bond acceptors (Lipinski definition) is 3. The monoisotopic (exact) mass is 236 g/mol. The van der Waals surface area contributed by atoms with Crippen molar-refractivity contribution in [1.29, 1.82) is 0 Å². The Bertz CT molecular complexity index is 566. The Hall–Kier alpha value is -2.37. The maximum Gasteiger partial charge on any atom is 0.354 e. The lowest BCUT2D eigenvalue weighted by Gasteiger charge is -2.04. The number of hydrogen-bond donors (Lipinski definition) is 2.